The molecule has 29 heavy (non-hydrogen) atoms. The van der Waals surface area contributed by atoms with Gasteiger partial charge in [-0.1, -0.05) is 35.6 Å². The molecule has 1 aliphatic rings. The molecule has 2 aromatic rings. The minimum Gasteiger partial charge on any atom is -0.492 e. The van der Waals surface area contributed by atoms with Crippen LogP contribution in [0.5, 0.6) is 5.75 Å². The maximum atomic E-state index is 10.9. The number of nitriles is 1. The van der Waals surface area contributed by atoms with E-state index in [1.807, 2.05) is 12.1 Å². The number of likely N-dealkylation sites (tertiary alicyclic amines) is 1. The molecule has 1 N–H and O–H groups in total. The Bertz CT molecular complexity index is 944. The minimum atomic E-state index is -1.18. The number of rotatable bonds is 8. The molecule has 1 aromatic carbocycles. The number of carboxylic acid groups (broad SMARTS) is 1. The minimum absolute atomic E-state index is 0.144. The maximum Gasteiger partial charge on any atom is 0.407 e. The smallest absolute Gasteiger partial charge is 0.407 e. The summed E-state index contributed by atoms with van der Waals surface area (Å²) >= 11 is 3.50. The van der Waals surface area contributed by atoms with E-state index in [1.54, 1.807) is 4.68 Å². The zero-order valence-electron chi connectivity index (χ0n) is 16.8. The normalized spacial score (nSPS) is 14.7. The molecule has 156 valence electrons. The lowest BCUT2D eigenvalue weighted by atomic mass is 10.0. The fraction of sp³-hybridized carbons (Fsp3) is 0.526. The number of aromatic nitrogens is 2. The van der Waals surface area contributed by atoms with Crippen molar-refractivity contribution in [2.24, 2.45) is 5.92 Å². The lowest BCUT2D eigenvalue weighted by Crippen LogP contribution is -2.51. The molecule has 0 bridgehead atoms. The molecule has 0 radical (unpaired) electrons. The van der Waals surface area contributed by atoms with Crippen molar-refractivity contribution in [3.63, 3.8) is 0 Å². The molecular formula is C19H25BrN4O4Si. The van der Waals surface area contributed by atoms with Gasteiger partial charge in [-0.2, -0.15) is 10.4 Å². The zero-order chi connectivity index (χ0) is 21.2. The van der Waals surface area contributed by atoms with Crippen LogP contribution in [-0.4, -0.2) is 60.3 Å². The monoisotopic (exact) mass is 480 g/mol. The van der Waals surface area contributed by atoms with Crippen LogP contribution in [0.3, 0.4) is 0 Å². The molecule has 1 aliphatic heterocycles. The van der Waals surface area contributed by atoms with Gasteiger partial charge in [0.2, 0.25) is 0 Å². The van der Waals surface area contributed by atoms with Gasteiger partial charge in [0, 0.05) is 38.2 Å². The van der Waals surface area contributed by atoms with Crippen LogP contribution < -0.4 is 4.74 Å². The van der Waals surface area contributed by atoms with Crippen LogP contribution in [-0.2, 0) is 11.5 Å². The summed E-state index contributed by atoms with van der Waals surface area (Å²) in [7, 11) is -1.18. The van der Waals surface area contributed by atoms with Gasteiger partial charge in [-0.3, -0.25) is 0 Å². The number of halogens is 1. The van der Waals surface area contributed by atoms with Crippen LogP contribution in [0, 0.1) is 17.2 Å². The SMILES string of the molecule is C[Si](C)(C)CCOCn1nc(C#N)c2c(OCC3CN(C(=O)O)C3)cc(Br)cc21. The third-order valence-electron chi connectivity index (χ3n) is 4.80. The molecule has 0 unspecified atom stereocenters. The van der Waals surface area contributed by atoms with Gasteiger partial charge in [0.1, 0.15) is 18.5 Å². The fourth-order valence-corrected chi connectivity index (χ4v) is 4.27. The molecule has 3 rings (SSSR count). The highest BCUT2D eigenvalue weighted by Gasteiger charge is 2.31. The second kappa shape index (κ2) is 8.73. The van der Waals surface area contributed by atoms with Crippen molar-refractivity contribution >= 4 is 41.0 Å². The third kappa shape index (κ3) is 5.29. The van der Waals surface area contributed by atoms with Crippen molar-refractivity contribution < 1.29 is 19.4 Å². The molecule has 0 aliphatic carbocycles. The Hall–Kier alpha value is -2.09. The summed E-state index contributed by atoms with van der Waals surface area (Å²) in [6.07, 6.45) is -0.909. The first-order valence-corrected chi connectivity index (χ1v) is 14.0. The average molecular weight is 481 g/mol. The molecule has 1 saturated heterocycles. The van der Waals surface area contributed by atoms with Crippen LogP contribution >= 0.6 is 15.9 Å². The highest BCUT2D eigenvalue weighted by molar-refractivity contribution is 9.10. The van der Waals surface area contributed by atoms with Gasteiger partial charge in [-0.15, -0.1) is 0 Å². The molecule has 0 spiro atoms. The fourth-order valence-electron chi connectivity index (χ4n) is 3.09. The lowest BCUT2D eigenvalue weighted by Gasteiger charge is -2.36. The van der Waals surface area contributed by atoms with Crippen molar-refractivity contribution in [2.75, 3.05) is 26.3 Å². The molecule has 1 amide bonds. The van der Waals surface area contributed by atoms with Crippen LogP contribution in [0.2, 0.25) is 25.7 Å². The second-order valence-corrected chi connectivity index (χ2v) is 15.0. The number of fused-ring (bicyclic) bond motifs is 1. The third-order valence-corrected chi connectivity index (χ3v) is 6.96. The first kappa shape index (κ1) is 21.6. The summed E-state index contributed by atoms with van der Waals surface area (Å²) < 4.78 is 14.3. The maximum absolute atomic E-state index is 10.9. The molecule has 1 fully saturated rings. The predicted octanol–water partition coefficient (Wildman–Crippen LogP) is 3.97. The Labute approximate surface area is 179 Å². The van der Waals surface area contributed by atoms with Gasteiger partial charge in [0.15, 0.2) is 5.69 Å². The van der Waals surface area contributed by atoms with Gasteiger partial charge in [0.05, 0.1) is 17.5 Å². The number of ether oxygens (including phenoxy) is 2. The molecule has 8 nitrogen and oxygen atoms in total. The Balaban J connectivity index is 1.74. The Morgan fingerprint density at radius 1 is 1.41 bits per heavy atom. The number of hydrogen-bond acceptors (Lipinski definition) is 5. The molecule has 10 heteroatoms. The van der Waals surface area contributed by atoms with Crippen molar-refractivity contribution in [3.8, 4) is 11.8 Å². The van der Waals surface area contributed by atoms with Crippen molar-refractivity contribution in [1.82, 2.24) is 14.7 Å². The highest BCUT2D eigenvalue weighted by Crippen LogP contribution is 2.33. The lowest BCUT2D eigenvalue weighted by molar-refractivity contribution is 0.0588. The van der Waals surface area contributed by atoms with Crippen molar-refractivity contribution in [2.45, 2.75) is 32.4 Å². The van der Waals surface area contributed by atoms with Gasteiger partial charge < -0.3 is 19.5 Å². The molecule has 2 heterocycles. The Morgan fingerprint density at radius 3 is 2.76 bits per heavy atom. The number of amides is 1. The topological polar surface area (TPSA) is 101 Å². The standard InChI is InChI=1S/C19H25BrN4O4Si/c1-29(2,3)5-4-27-12-24-16-6-14(20)7-17(18(16)15(8-21)22-24)28-11-13-9-23(10-13)19(25)26/h6-7,13H,4-5,9-12H2,1-3H3,(H,25,26). The highest BCUT2D eigenvalue weighted by atomic mass is 79.9. The van der Waals surface area contributed by atoms with Gasteiger partial charge >= 0.3 is 6.09 Å². The van der Waals surface area contributed by atoms with E-state index in [2.05, 4.69) is 46.7 Å². The molecule has 1 aromatic heterocycles. The quantitative estimate of drug-likeness (QED) is 0.452. The first-order valence-electron chi connectivity index (χ1n) is 9.46. The second-order valence-electron chi connectivity index (χ2n) is 8.47. The van der Waals surface area contributed by atoms with Gasteiger partial charge in [-0.05, 0) is 18.2 Å². The van der Waals surface area contributed by atoms with E-state index in [0.717, 1.165) is 16.0 Å². The Kier molecular flexibility index (Phi) is 6.51. The molecular weight excluding hydrogens is 456 g/mol. The van der Waals surface area contributed by atoms with E-state index >= 15 is 0 Å². The van der Waals surface area contributed by atoms with E-state index < -0.39 is 14.2 Å². The summed E-state index contributed by atoms with van der Waals surface area (Å²) in [5.74, 6) is 0.707. The van der Waals surface area contributed by atoms with Crippen LogP contribution in [0.15, 0.2) is 16.6 Å². The van der Waals surface area contributed by atoms with E-state index in [9.17, 15) is 10.1 Å². The van der Waals surface area contributed by atoms with Crippen molar-refractivity contribution in [1.29, 1.82) is 5.26 Å². The summed E-state index contributed by atoms with van der Waals surface area (Å²) in [6, 6.07) is 6.91. The Morgan fingerprint density at radius 2 is 2.14 bits per heavy atom. The summed E-state index contributed by atoms with van der Waals surface area (Å²) in [4.78, 5) is 12.2. The van der Waals surface area contributed by atoms with Gasteiger partial charge in [-0.25, -0.2) is 9.48 Å². The van der Waals surface area contributed by atoms with Crippen LogP contribution in [0.1, 0.15) is 5.69 Å². The number of carbonyl (C=O) groups is 1. The van der Waals surface area contributed by atoms with E-state index in [-0.39, 0.29) is 18.3 Å². The largest absolute Gasteiger partial charge is 0.492 e. The van der Waals surface area contributed by atoms with E-state index in [0.29, 0.717) is 37.4 Å². The number of benzene rings is 1. The van der Waals surface area contributed by atoms with Gasteiger partial charge in [0.25, 0.3) is 0 Å². The van der Waals surface area contributed by atoms with E-state index in [4.69, 9.17) is 14.6 Å². The summed E-state index contributed by atoms with van der Waals surface area (Å²) in [6.45, 7) is 9.14. The molecule has 0 saturated carbocycles. The number of hydrogen-bond donors (Lipinski definition) is 1. The number of nitrogens with zero attached hydrogens (tertiary/aromatic N) is 4. The average Bonchev–Trinajstić information content (AvgIpc) is 2.93. The zero-order valence-corrected chi connectivity index (χ0v) is 19.4. The van der Waals surface area contributed by atoms with Crippen LogP contribution in [0.4, 0.5) is 4.79 Å². The van der Waals surface area contributed by atoms with Crippen molar-refractivity contribution in [3.05, 3.63) is 22.3 Å². The summed E-state index contributed by atoms with van der Waals surface area (Å²) in [5.41, 5.74) is 1.05. The molecule has 0 atom stereocenters. The summed E-state index contributed by atoms with van der Waals surface area (Å²) in [5, 5.41) is 23.5. The van der Waals surface area contributed by atoms with E-state index in [1.165, 1.54) is 4.90 Å². The predicted molar refractivity (Wildman–Crippen MR) is 115 cm³/mol. The van der Waals surface area contributed by atoms with Crippen LogP contribution in [0.25, 0.3) is 10.9 Å². The first-order chi connectivity index (χ1) is 13.7.